The Balaban J connectivity index is 1.32. The third kappa shape index (κ3) is 4.84. The van der Waals surface area contributed by atoms with E-state index in [0.29, 0.717) is 13.1 Å². The predicted molar refractivity (Wildman–Crippen MR) is 120 cm³/mol. The minimum absolute atomic E-state index is 0.133. The minimum atomic E-state index is -0.379. The maximum Gasteiger partial charge on any atom is 0.414 e. The van der Waals surface area contributed by atoms with E-state index in [1.54, 1.807) is 12.0 Å². The van der Waals surface area contributed by atoms with Crippen LogP contribution in [0, 0.1) is 0 Å². The molecule has 2 saturated heterocycles. The second-order valence-electron chi connectivity index (χ2n) is 7.74. The summed E-state index contributed by atoms with van der Waals surface area (Å²) in [6.07, 6.45) is -0.710. The van der Waals surface area contributed by atoms with Gasteiger partial charge in [0.2, 0.25) is 5.91 Å². The Morgan fingerprint density at radius 3 is 2.00 bits per heavy atom. The third-order valence-corrected chi connectivity index (χ3v) is 5.70. The number of methoxy groups -OCH3 is 1. The lowest BCUT2D eigenvalue weighted by Crippen LogP contribution is -2.46. The summed E-state index contributed by atoms with van der Waals surface area (Å²) in [5.41, 5.74) is 3.15. The maximum atomic E-state index is 12.2. The largest absolute Gasteiger partial charge is 0.497 e. The van der Waals surface area contributed by atoms with Crippen LogP contribution in [0.2, 0.25) is 0 Å². The molecular weight excluding hydrogens is 396 g/mol. The van der Waals surface area contributed by atoms with E-state index in [-0.39, 0.29) is 18.1 Å². The fourth-order valence-corrected chi connectivity index (χ4v) is 3.96. The second kappa shape index (κ2) is 9.16. The Bertz CT molecular complexity index is 908. The highest BCUT2D eigenvalue weighted by Crippen LogP contribution is 2.27. The van der Waals surface area contributed by atoms with E-state index in [1.165, 1.54) is 12.6 Å². The first-order chi connectivity index (χ1) is 15.0. The van der Waals surface area contributed by atoms with Crippen molar-refractivity contribution in [3.63, 3.8) is 0 Å². The number of anilines is 3. The zero-order chi connectivity index (χ0) is 21.8. The molecule has 2 heterocycles. The van der Waals surface area contributed by atoms with Gasteiger partial charge in [-0.15, -0.1) is 0 Å². The standard InChI is InChI=1S/C23H28N4O4/c1-17(28)24-15-22-16-27(23(29)31-22)20-5-3-18(4-6-20)25-11-13-26(14-12-25)19-7-9-21(30-2)10-8-19/h3-10,22H,11-16H2,1-2H3,(H,24,28)/t22-/m0/s1. The summed E-state index contributed by atoms with van der Waals surface area (Å²) in [7, 11) is 1.68. The van der Waals surface area contributed by atoms with Crippen LogP contribution in [-0.4, -0.2) is 64.5 Å². The smallest absolute Gasteiger partial charge is 0.414 e. The molecule has 2 fully saturated rings. The Morgan fingerprint density at radius 2 is 1.48 bits per heavy atom. The number of benzene rings is 2. The first kappa shape index (κ1) is 20.8. The van der Waals surface area contributed by atoms with Crippen molar-refractivity contribution in [2.75, 3.05) is 61.1 Å². The van der Waals surface area contributed by atoms with Gasteiger partial charge in [-0.2, -0.15) is 0 Å². The predicted octanol–water partition coefficient (Wildman–Crippen LogP) is 2.48. The molecule has 4 rings (SSSR count). The molecule has 0 unspecified atom stereocenters. The average molecular weight is 425 g/mol. The van der Waals surface area contributed by atoms with Crippen LogP contribution >= 0.6 is 0 Å². The molecule has 2 aromatic carbocycles. The molecule has 0 aliphatic carbocycles. The van der Waals surface area contributed by atoms with Crippen molar-refractivity contribution in [2.45, 2.75) is 13.0 Å². The van der Waals surface area contributed by atoms with E-state index in [4.69, 9.17) is 9.47 Å². The molecule has 164 valence electrons. The van der Waals surface area contributed by atoms with Crippen molar-refractivity contribution in [3.8, 4) is 5.75 Å². The lowest BCUT2D eigenvalue weighted by Gasteiger charge is -2.37. The normalized spacial score (nSPS) is 18.7. The number of carbonyl (C=O) groups is 2. The molecule has 8 nitrogen and oxygen atoms in total. The minimum Gasteiger partial charge on any atom is -0.497 e. The van der Waals surface area contributed by atoms with Crippen molar-refractivity contribution in [3.05, 3.63) is 48.5 Å². The molecule has 31 heavy (non-hydrogen) atoms. The van der Waals surface area contributed by atoms with E-state index < -0.39 is 0 Å². The Labute approximate surface area is 182 Å². The van der Waals surface area contributed by atoms with Crippen LogP contribution in [0.15, 0.2) is 48.5 Å². The summed E-state index contributed by atoms with van der Waals surface area (Å²) < 4.78 is 10.6. The van der Waals surface area contributed by atoms with E-state index in [1.807, 2.05) is 36.4 Å². The molecule has 2 aromatic rings. The van der Waals surface area contributed by atoms with Crippen molar-refractivity contribution < 1.29 is 19.1 Å². The highest BCUT2D eigenvalue weighted by atomic mass is 16.6. The molecule has 0 radical (unpaired) electrons. The molecule has 1 N–H and O–H groups in total. The molecule has 2 aliphatic rings. The van der Waals surface area contributed by atoms with Gasteiger partial charge >= 0.3 is 6.09 Å². The summed E-state index contributed by atoms with van der Waals surface area (Å²) in [6.45, 7) is 5.94. The molecule has 2 aliphatic heterocycles. The van der Waals surface area contributed by atoms with Gasteiger partial charge in [-0.3, -0.25) is 9.69 Å². The molecule has 8 heteroatoms. The first-order valence-corrected chi connectivity index (χ1v) is 10.5. The number of nitrogens with one attached hydrogen (secondary N) is 1. The number of hydrogen-bond donors (Lipinski definition) is 1. The summed E-state index contributed by atoms with van der Waals surface area (Å²) in [5, 5.41) is 2.69. The fraction of sp³-hybridized carbons (Fsp3) is 0.391. The number of hydrogen-bond acceptors (Lipinski definition) is 6. The van der Waals surface area contributed by atoms with Crippen molar-refractivity contribution in [1.29, 1.82) is 0 Å². The van der Waals surface area contributed by atoms with E-state index in [9.17, 15) is 9.59 Å². The van der Waals surface area contributed by atoms with Crippen LogP contribution < -0.4 is 24.8 Å². The number of cyclic esters (lactones) is 1. The number of piperazine rings is 1. The topological polar surface area (TPSA) is 74.3 Å². The van der Waals surface area contributed by atoms with E-state index >= 15 is 0 Å². The number of amides is 2. The monoisotopic (exact) mass is 424 g/mol. The number of carbonyl (C=O) groups excluding carboxylic acids is 2. The summed E-state index contributed by atoms with van der Waals surface area (Å²) in [6, 6.07) is 16.2. The average Bonchev–Trinajstić information content (AvgIpc) is 3.18. The molecule has 1 atom stereocenters. The molecule has 0 aromatic heterocycles. The van der Waals surface area contributed by atoms with Crippen LogP contribution in [0.1, 0.15) is 6.92 Å². The van der Waals surface area contributed by atoms with Gasteiger partial charge < -0.3 is 24.6 Å². The second-order valence-corrected chi connectivity index (χ2v) is 7.74. The SMILES string of the molecule is COc1ccc(N2CCN(c3ccc(N4C[C@H](CNC(C)=O)OC4=O)cc3)CC2)cc1. The summed E-state index contributed by atoms with van der Waals surface area (Å²) in [4.78, 5) is 29.6. The van der Waals surface area contributed by atoms with Gasteiger partial charge in [0.1, 0.15) is 11.9 Å². The molecule has 0 bridgehead atoms. The van der Waals surface area contributed by atoms with E-state index in [2.05, 4.69) is 27.2 Å². The quantitative estimate of drug-likeness (QED) is 0.768. The molecular formula is C23H28N4O4. The molecule has 2 amide bonds. The van der Waals surface area contributed by atoms with Crippen molar-refractivity contribution in [2.24, 2.45) is 0 Å². The van der Waals surface area contributed by atoms with Gasteiger partial charge in [-0.25, -0.2) is 4.79 Å². The Kier molecular flexibility index (Phi) is 6.16. The number of rotatable bonds is 6. The number of ether oxygens (including phenoxy) is 2. The summed E-state index contributed by atoms with van der Waals surface area (Å²) >= 11 is 0. The van der Waals surface area contributed by atoms with Gasteiger partial charge in [0.25, 0.3) is 0 Å². The van der Waals surface area contributed by atoms with Crippen LogP contribution in [0.3, 0.4) is 0 Å². The zero-order valence-corrected chi connectivity index (χ0v) is 17.9. The number of nitrogens with zero attached hydrogens (tertiary/aromatic N) is 3. The van der Waals surface area contributed by atoms with E-state index in [0.717, 1.165) is 43.3 Å². The van der Waals surface area contributed by atoms with Crippen LogP contribution in [-0.2, 0) is 9.53 Å². The zero-order valence-electron chi connectivity index (χ0n) is 17.9. The summed E-state index contributed by atoms with van der Waals surface area (Å²) in [5.74, 6) is 0.733. The van der Waals surface area contributed by atoms with Gasteiger partial charge in [-0.05, 0) is 48.5 Å². The van der Waals surface area contributed by atoms with Gasteiger partial charge in [0, 0.05) is 50.2 Å². The van der Waals surface area contributed by atoms with Crippen LogP contribution in [0.4, 0.5) is 21.9 Å². The third-order valence-electron chi connectivity index (χ3n) is 5.70. The molecule has 0 spiro atoms. The van der Waals surface area contributed by atoms with Crippen molar-refractivity contribution in [1.82, 2.24) is 5.32 Å². The van der Waals surface area contributed by atoms with Crippen LogP contribution in [0.5, 0.6) is 5.75 Å². The highest BCUT2D eigenvalue weighted by Gasteiger charge is 2.32. The van der Waals surface area contributed by atoms with Gasteiger partial charge in [0.05, 0.1) is 20.2 Å². The maximum absolute atomic E-state index is 12.2. The molecule has 0 saturated carbocycles. The Morgan fingerprint density at radius 1 is 0.968 bits per heavy atom. The van der Waals surface area contributed by atoms with Crippen LogP contribution in [0.25, 0.3) is 0 Å². The van der Waals surface area contributed by atoms with Gasteiger partial charge in [0.15, 0.2) is 0 Å². The Hall–Kier alpha value is -3.42. The lowest BCUT2D eigenvalue weighted by molar-refractivity contribution is -0.119. The fourth-order valence-electron chi connectivity index (χ4n) is 3.96. The first-order valence-electron chi connectivity index (χ1n) is 10.5. The lowest BCUT2D eigenvalue weighted by atomic mass is 10.2. The van der Waals surface area contributed by atoms with Crippen molar-refractivity contribution >= 4 is 29.1 Å². The highest BCUT2D eigenvalue weighted by molar-refractivity contribution is 5.90. The van der Waals surface area contributed by atoms with Gasteiger partial charge in [-0.1, -0.05) is 0 Å².